The van der Waals surface area contributed by atoms with Gasteiger partial charge in [-0.3, -0.25) is 4.57 Å². The van der Waals surface area contributed by atoms with Gasteiger partial charge in [-0.25, -0.2) is 9.37 Å². The van der Waals surface area contributed by atoms with E-state index in [4.69, 9.17) is 5.73 Å². The third kappa shape index (κ3) is 2.35. The average Bonchev–Trinajstić information content (AvgIpc) is 2.69. The first-order valence-electron chi connectivity index (χ1n) is 5.56. The molecule has 1 heterocycles. The maximum absolute atomic E-state index is 13.8. The molecule has 20 heavy (non-hydrogen) atoms. The second kappa shape index (κ2) is 5.27. The van der Waals surface area contributed by atoms with Crippen LogP contribution in [0.5, 0.6) is 0 Å². The first kappa shape index (κ1) is 14.3. The lowest BCUT2D eigenvalue weighted by molar-refractivity contribution is 0.622. The molecule has 0 fully saturated rings. The molecule has 102 valence electrons. The van der Waals surface area contributed by atoms with Crippen molar-refractivity contribution in [2.75, 3.05) is 5.73 Å². The van der Waals surface area contributed by atoms with Crippen LogP contribution in [0.1, 0.15) is 0 Å². The highest BCUT2D eigenvalue weighted by molar-refractivity contribution is 14.1. The molecule has 0 aliphatic rings. The Labute approximate surface area is 144 Å². The van der Waals surface area contributed by atoms with Gasteiger partial charge in [0.15, 0.2) is 0 Å². The maximum atomic E-state index is 13.8. The van der Waals surface area contributed by atoms with Crippen LogP contribution in [0, 0.1) is 9.39 Å². The molecule has 0 atom stereocenters. The number of aromatic nitrogens is 2. The third-order valence-corrected chi connectivity index (χ3v) is 4.86. The van der Waals surface area contributed by atoms with Crippen molar-refractivity contribution in [3.8, 4) is 5.69 Å². The second-order valence-electron chi connectivity index (χ2n) is 4.16. The van der Waals surface area contributed by atoms with Crippen LogP contribution in [0.4, 0.5) is 10.3 Å². The van der Waals surface area contributed by atoms with Gasteiger partial charge in [0.25, 0.3) is 0 Å². The maximum Gasteiger partial charge on any atom is 0.205 e. The van der Waals surface area contributed by atoms with Crippen LogP contribution in [-0.2, 0) is 0 Å². The van der Waals surface area contributed by atoms with Crippen LogP contribution in [-0.4, -0.2) is 9.55 Å². The standard InChI is InChI=1S/C13H7Br2FIN3/c14-6-1-2-7(15)11(3-6)20-12-4-8(16)9(17)5-10(12)19-13(20)18/h1-5H,(H2,18,19). The predicted octanol–water partition coefficient (Wildman–Crippen LogP) is 4.88. The van der Waals surface area contributed by atoms with Crippen molar-refractivity contribution in [2.45, 2.75) is 0 Å². The smallest absolute Gasteiger partial charge is 0.205 e. The molecule has 0 bridgehead atoms. The fourth-order valence-electron chi connectivity index (χ4n) is 2.00. The summed E-state index contributed by atoms with van der Waals surface area (Å²) in [6.45, 7) is 0. The van der Waals surface area contributed by atoms with Crippen LogP contribution in [0.3, 0.4) is 0 Å². The van der Waals surface area contributed by atoms with E-state index < -0.39 is 0 Å². The molecule has 0 spiro atoms. The highest BCUT2D eigenvalue weighted by Gasteiger charge is 2.15. The monoisotopic (exact) mass is 509 g/mol. The largest absolute Gasteiger partial charge is 0.369 e. The fraction of sp³-hybridized carbons (Fsp3) is 0. The van der Waals surface area contributed by atoms with Gasteiger partial charge in [0, 0.05) is 15.0 Å². The van der Waals surface area contributed by atoms with Crippen molar-refractivity contribution in [2.24, 2.45) is 0 Å². The van der Waals surface area contributed by atoms with E-state index in [9.17, 15) is 4.39 Å². The first-order valence-corrected chi connectivity index (χ1v) is 8.22. The van der Waals surface area contributed by atoms with E-state index in [0.717, 1.165) is 14.6 Å². The highest BCUT2D eigenvalue weighted by Crippen LogP contribution is 2.31. The number of rotatable bonds is 1. The van der Waals surface area contributed by atoms with E-state index in [1.54, 1.807) is 10.6 Å². The Kier molecular flexibility index (Phi) is 3.76. The number of nitrogen functional groups attached to an aromatic ring is 1. The zero-order chi connectivity index (χ0) is 14.4. The summed E-state index contributed by atoms with van der Waals surface area (Å²) in [6.07, 6.45) is 0. The summed E-state index contributed by atoms with van der Waals surface area (Å²) < 4.78 is 17.8. The van der Waals surface area contributed by atoms with Gasteiger partial charge in [-0.1, -0.05) is 15.9 Å². The quantitative estimate of drug-likeness (QED) is 0.474. The summed E-state index contributed by atoms with van der Waals surface area (Å²) >= 11 is 8.85. The molecule has 0 radical (unpaired) electrons. The molecule has 0 aliphatic carbocycles. The van der Waals surface area contributed by atoms with E-state index in [1.807, 2.05) is 40.8 Å². The third-order valence-electron chi connectivity index (χ3n) is 2.87. The number of hydrogen-bond acceptors (Lipinski definition) is 2. The Balaban J connectivity index is 2.38. The lowest BCUT2D eigenvalue weighted by Gasteiger charge is -2.09. The lowest BCUT2D eigenvalue weighted by Crippen LogP contribution is -2.01. The van der Waals surface area contributed by atoms with Crippen LogP contribution in [0.15, 0.2) is 39.3 Å². The van der Waals surface area contributed by atoms with Gasteiger partial charge in [0.1, 0.15) is 5.82 Å². The number of imidazole rings is 1. The molecule has 3 nitrogen and oxygen atoms in total. The molecule has 3 rings (SSSR count). The Morgan fingerprint density at radius 2 is 1.95 bits per heavy atom. The van der Waals surface area contributed by atoms with Crippen molar-refractivity contribution in [1.29, 1.82) is 0 Å². The topological polar surface area (TPSA) is 43.8 Å². The summed E-state index contributed by atoms with van der Waals surface area (Å²) in [7, 11) is 0. The molecule has 0 unspecified atom stereocenters. The summed E-state index contributed by atoms with van der Waals surface area (Å²) in [5, 5.41) is 0. The van der Waals surface area contributed by atoms with Gasteiger partial charge in [-0.2, -0.15) is 0 Å². The Hall–Kier alpha value is -0.670. The fourth-order valence-corrected chi connectivity index (χ4v) is 3.23. The first-order chi connectivity index (χ1) is 9.47. The number of hydrogen-bond donors (Lipinski definition) is 1. The molecular weight excluding hydrogens is 504 g/mol. The Morgan fingerprint density at radius 1 is 1.20 bits per heavy atom. The molecule has 2 N–H and O–H groups in total. The van der Waals surface area contributed by atoms with Gasteiger partial charge < -0.3 is 5.73 Å². The molecule has 0 saturated heterocycles. The number of anilines is 1. The zero-order valence-corrected chi connectivity index (χ0v) is 15.2. The van der Waals surface area contributed by atoms with Crippen molar-refractivity contribution >= 4 is 71.4 Å². The van der Waals surface area contributed by atoms with Gasteiger partial charge in [0.2, 0.25) is 5.95 Å². The minimum Gasteiger partial charge on any atom is -0.369 e. The Morgan fingerprint density at radius 3 is 2.70 bits per heavy atom. The second-order valence-corrected chi connectivity index (χ2v) is 7.09. The van der Waals surface area contributed by atoms with Crippen LogP contribution >= 0.6 is 54.5 Å². The van der Waals surface area contributed by atoms with Gasteiger partial charge in [-0.15, -0.1) is 0 Å². The van der Waals surface area contributed by atoms with E-state index >= 15 is 0 Å². The highest BCUT2D eigenvalue weighted by atomic mass is 127. The molecule has 0 amide bonds. The summed E-state index contributed by atoms with van der Waals surface area (Å²) in [5.41, 5.74) is 8.11. The number of halogens is 4. The average molecular weight is 511 g/mol. The van der Waals surface area contributed by atoms with Crippen molar-refractivity contribution in [3.05, 3.63) is 48.7 Å². The minimum atomic E-state index is -0.287. The van der Waals surface area contributed by atoms with E-state index in [1.165, 1.54) is 6.07 Å². The molecule has 1 aromatic heterocycles. The number of fused-ring (bicyclic) bond motifs is 1. The van der Waals surface area contributed by atoms with Gasteiger partial charge >= 0.3 is 0 Å². The van der Waals surface area contributed by atoms with E-state index in [2.05, 4.69) is 36.8 Å². The number of nitrogens with two attached hydrogens (primary N) is 1. The van der Waals surface area contributed by atoms with Gasteiger partial charge in [-0.05, 0) is 62.8 Å². The van der Waals surface area contributed by atoms with Crippen molar-refractivity contribution in [3.63, 3.8) is 0 Å². The predicted molar refractivity (Wildman–Crippen MR) is 93.6 cm³/mol. The molecule has 2 aromatic carbocycles. The van der Waals surface area contributed by atoms with E-state index in [-0.39, 0.29) is 5.82 Å². The molecular formula is C13H7Br2FIN3. The van der Waals surface area contributed by atoms with Crippen LogP contribution in [0.2, 0.25) is 0 Å². The normalized spacial score (nSPS) is 11.2. The summed E-state index contributed by atoms with van der Waals surface area (Å²) in [4.78, 5) is 4.30. The Bertz CT molecular complexity index is 832. The number of nitrogens with zero attached hydrogens (tertiary/aromatic N) is 2. The van der Waals surface area contributed by atoms with Crippen LogP contribution in [0.25, 0.3) is 16.7 Å². The zero-order valence-electron chi connectivity index (χ0n) is 9.87. The minimum absolute atomic E-state index is 0.287. The SMILES string of the molecule is Nc1nc2cc(I)c(F)cc2n1-c1cc(Br)ccc1Br. The van der Waals surface area contributed by atoms with E-state index in [0.29, 0.717) is 20.6 Å². The molecule has 7 heteroatoms. The molecule has 0 aliphatic heterocycles. The number of benzene rings is 2. The summed E-state index contributed by atoms with van der Waals surface area (Å²) in [6, 6.07) is 8.84. The molecule has 0 saturated carbocycles. The molecule has 3 aromatic rings. The van der Waals surface area contributed by atoms with Gasteiger partial charge in [0.05, 0.1) is 20.3 Å². The van der Waals surface area contributed by atoms with Crippen molar-refractivity contribution in [1.82, 2.24) is 9.55 Å². The van der Waals surface area contributed by atoms with Crippen LogP contribution < -0.4 is 5.73 Å². The summed E-state index contributed by atoms with van der Waals surface area (Å²) in [5.74, 6) is 0.0329. The lowest BCUT2D eigenvalue weighted by atomic mass is 10.2. The van der Waals surface area contributed by atoms with Crippen molar-refractivity contribution < 1.29 is 4.39 Å².